The van der Waals surface area contributed by atoms with E-state index in [9.17, 15) is 0 Å². The minimum Gasteiger partial charge on any atom is -0.355 e. The number of hydrogen-bond donors (Lipinski definition) is 1. The number of rotatable bonds is 3. The maximum atomic E-state index is 4.65. The molecular weight excluding hydrogens is 298 g/mol. The van der Waals surface area contributed by atoms with E-state index >= 15 is 0 Å². The van der Waals surface area contributed by atoms with Gasteiger partial charge in [-0.1, -0.05) is 45.7 Å². The standard InChI is InChI=1S/C19H27N5/c1-19(2,3)15-8-10-16(11-9-15)21-18-22-17(14-20-23-18)24-12-6-4-5-7-13-24/h8-11,14H,4-7,12-13H2,1-3H3,(H,21,22,23). The first kappa shape index (κ1) is 16.7. The van der Waals surface area contributed by atoms with E-state index < -0.39 is 0 Å². The van der Waals surface area contributed by atoms with E-state index in [1.807, 2.05) is 0 Å². The highest BCUT2D eigenvalue weighted by molar-refractivity contribution is 5.55. The highest BCUT2D eigenvalue weighted by atomic mass is 15.3. The molecule has 1 saturated heterocycles. The first-order valence-electron chi connectivity index (χ1n) is 8.85. The highest BCUT2D eigenvalue weighted by Gasteiger charge is 2.14. The van der Waals surface area contributed by atoms with E-state index in [4.69, 9.17) is 0 Å². The zero-order valence-electron chi connectivity index (χ0n) is 14.9. The summed E-state index contributed by atoms with van der Waals surface area (Å²) in [5.74, 6) is 1.47. The highest BCUT2D eigenvalue weighted by Crippen LogP contribution is 2.24. The minimum absolute atomic E-state index is 0.156. The van der Waals surface area contributed by atoms with Gasteiger partial charge in [0.05, 0.1) is 6.20 Å². The Morgan fingerprint density at radius 1 is 0.958 bits per heavy atom. The van der Waals surface area contributed by atoms with Gasteiger partial charge in [-0.15, -0.1) is 5.10 Å². The summed E-state index contributed by atoms with van der Waals surface area (Å²) in [6.07, 6.45) is 6.82. The predicted octanol–water partition coefficient (Wildman–Crippen LogP) is 4.29. The summed E-state index contributed by atoms with van der Waals surface area (Å²) < 4.78 is 0. The molecule has 1 aliphatic heterocycles. The van der Waals surface area contributed by atoms with Crippen molar-refractivity contribution in [2.75, 3.05) is 23.3 Å². The summed E-state index contributed by atoms with van der Waals surface area (Å²) in [6.45, 7) is 8.75. The minimum atomic E-state index is 0.156. The van der Waals surface area contributed by atoms with Crippen molar-refractivity contribution in [3.63, 3.8) is 0 Å². The maximum absolute atomic E-state index is 4.65. The summed E-state index contributed by atoms with van der Waals surface area (Å²) >= 11 is 0. The Bertz CT molecular complexity index is 652. The third-order valence-electron chi connectivity index (χ3n) is 4.48. The van der Waals surface area contributed by atoms with Gasteiger partial charge in [-0.05, 0) is 36.0 Å². The van der Waals surface area contributed by atoms with Gasteiger partial charge in [0, 0.05) is 18.8 Å². The van der Waals surface area contributed by atoms with Crippen LogP contribution in [0.5, 0.6) is 0 Å². The molecule has 0 radical (unpaired) electrons. The second-order valence-electron chi connectivity index (χ2n) is 7.49. The van der Waals surface area contributed by atoms with Crippen LogP contribution in [0.2, 0.25) is 0 Å². The van der Waals surface area contributed by atoms with Gasteiger partial charge in [0.2, 0.25) is 5.95 Å². The molecule has 0 spiro atoms. The average Bonchev–Trinajstić information content (AvgIpc) is 2.84. The van der Waals surface area contributed by atoms with Gasteiger partial charge in [-0.2, -0.15) is 10.1 Å². The Hall–Kier alpha value is -2.17. The van der Waals surface area contributed by atoms with Crippen LogP contribution in [0.25, 0.3) is 0 Å². The fourth-order valence-electron chi connectivity index (χ4n) is 2.98. The number of benzene rings is 1. The van der Waals surface area contributed by atoms with Crippen molar-refractivity contribution in [1.29, 1.82) is 0 Å². The fraction of sp³-hybridized carbons (Fsp3) is 0.526. The van der Waals surface area contributed by atoms with E-state index in [1.54, 1.807) is 6.20 Å². The summed E-state index contributed by atoms with van der Waals surface area (Å²) in [6, 6.07) is 8.44. The molecule has 2 heterocycles. The van der Waals surface area contributed by atoms with Gasteiger partial charge >= 0.3 is 0 Å². The van der Waals surface area contributed by atoms with Crippen LogP contribution in [0, 0.1) is 0 Å². The monoisotopic (exact) mass is 325 g/mol. The molecule has 5 nitrogen and oxygen atoms in total. The van der Waals surface area contributed by atoms with E-state index in [1.165, 1.54) is 31.2 Å². The molecule has 3 rings (SSSR count). The first-order valence-corrected chi connectivity index (χ1v) is 8.85. The van der Waals surface area contributed by atoms with Crippen molar-refractivity contribution in [3.8, 4) is 0 Å². The number of anilines is 3. The molecular formula is C19H27N5. The van der Waals surface area contributed by atoms with Crippen molar-refractivity contribution < 1.29 is 0 Å². The summed E-state index contributed by atoms with van der Waals surface area (Å²) in [5.41, 5.74) is 2.45. The largest absolute Gasteiger partial charge is 0.355 e. The lowest BCUT2D eigenvalue weighted by molar-refractivity contribution is 0.590. The SMILES string of the molecule is CC(C)(C)c1ccc(Nc2nncc(N3CCCCCC3)n2)cc1. The Morgan fingerprint density at radius 2 is 1.62 bits per heavy atom. The molecule has 0 saturated carbocycles. The lowest BCUT2D eigenvalue weighted by atomic mass is 9.87. The molecule has 0 unspecified atom stereocenters. The number of nitrogens with one attached hydrogen (secondary N) is 1. The van der Waals surface area contributed by atoms with Crippen molar-refractivity contribution in [3.05, 3.63) is 36.0 Å². The average molecular weight is 325 g/mol. The lowest BCUT2D eigenvalue weighted by Crippen LogP contribution is -2.25. The van der Waals surface area contributed by atoms with Crippen molar-refractivity contribution >= 4 is 17.5 Å². The molecule has 1 aromatic heterocycles. The van der Waals surface area contributed by atoms with Crippen LogP contribution in [0.1, 0.15) is 52.0 Å². The van der Waals surface area contributed by atoms with Gasteiger partial charge in [0.15, 0.2) is 5.82 Å². The Kier molecular flexibility index (Phi) is 4.97. The van der Waals surface area contributed by atoms with Gasteiger partial charge in [-0.25, -0.2) is 0 Å². The molecule has 1 fully saturated rings. The number of nitrogens with zero attached hydrogens (tertiary/aromatic N) is 4. The zero-order chi connectivity index (χ0) is 17.0. The van der Waals surface area contributed by atoms with Crippen LogP contribution in [0.4, 0.5) is 17.5 Å². The van der Waals surface area contributed by atoms with Gasteiger partial charge in [0.25, 0.3) is 0 Å². The molecule has 1 N–H and O–H groups in total. The molecule has 0 amide bonds. The molecule has 2 aromatic rings. The van der Waals surface area contributed by atoms with Gasteiger partial charge in [-0.3, -0.25) is 0 Å². The van der Waals surface area contributed by atoms with Crippen LogP contribution in [-0.2, 0) is 5.41 Å². The maximum Gasteiger partial charge on any atom is 0.249 e. The van der Waals surface area contributed by atoms with E-state index in [-0.39, 0.29) is 5.41 Å². The normalized spacial score (nSPS) is 15.9. The van der Waals surface area contributed by atoms with E-state index in [0.29, 0.717) is 5.95 Å². The molecule has 0 aliphatic carbocycles. The third-order valence-corrected chi connectivity index (χ3v) is 4.48. The van der Waals surface area contributed by atoms with E-state index in [0.717, 1.165) is 24.6 Å². The van der Waals surface area contributed by atoms with Gasteiger partial charge < -0.3 is 10.2 Å². The topological polar surface area (TPSA) is 53.9 Å². The molecule has 0 bridgehead atoms. The first-order chi connectivity index (χ1) is 11.5. The summed E-state index contributed by atoms with van der Waals surface area (Å²) in [7, 11) is 0. The van der Waals surface area contributed by atoms with Crippen LogP contribution < -0.4 is 10.2 Å². The van der Waals surface area contributed by atoms with E-state index in [2.05, 4.69) is 70.4 Å². The lowest BCUT2D eigenvalue weighted by Gasteiger charge is -2.21. The predicted molar refractivity (Wildman–Crippen MR) is 98.9 cm³/mol. The number of hydrogen-bond acceptors (Lipinski definition) is 5. The van der Waals surface area contributed by atoms with Gasteiger partial charge in [0.1, 0.15) is 0 Å². The van der Waals surface area contributed by atoms with Crippen LogP contribution in [0.3, 0.4) is 0 Å². The third kappa shape index (κ3) is 4.22. The Labute approximate surface area is 144 Å². The zero-order valence-corrected chi connectivity index (χ0v) is 14.9. The second-order valence-corrected chi connectivity index (χ2v) is 7.49. The Morgan fingerprint density at radius 3 is 2.25 bits per heavy atom. The molecule has 5 heteroatoms. The molecule has 0 atom stereocenters. The molecule has 24 heavy (non-hydrogen) atoms. The smallest absolute Gasteiger partial charge is 0.249 e. The molecule has 1 aliphatic rings. The summed E-state index contributed by atoms with van der Waals surface area (Å²) in [4.78, 5) is 6.96. The molecule has 128 valence electrons. The fourth-order valence-corrected chi connectivity index (χ4v) is 2.98. The van der Waals surface area contributed by atoms with Crippen LogP contribution in [-0.4, -0.2) is 28.3 Å². The quantitative estimate of drug-likeness (QED) is 0.912. The number of aromatic nitrogens is 3. The van der Waals surface area contributed by atoms with Crippen molar-refractivity contribution in [2.24, 2.45) is 0 Å². The second kappa shape index (κ2) is 7.16. The van der Waals surface area contributed by atoms with Crippen molar-refractivity contribution in [1.82, 2.24) is 15.2 Å². The van der Waals surface area contributed by atoms with Crippen molar-refractivity contribution in [2.45, 2.75) is 51.9 Å². The molecule has 1 aromatic carbocycles. The van der Waals surface area contributed by atoms with Crippen LogP contribution >= 0.6 is 0 Å². The Balaban J connectivity index is 1.72. The summed E-state index contributed by atoms with van der Waals surface area (Å²) in [5, 5.41) is 11.5. The van der Waals surface area contributed by atoms with Crippen LogP contribution in [0.15, 0.2) is 30.5 Å².